The van der Waals surface area contributed by atoms with Crippen molar-refractivity contribution in [3.63, 3.8) is 0 Å². The van der Waals surface area contributed by atoms with Crippen molar-refractivity contribution in [3.8, 4) is 0 Å². The number of aliphatic hydroxyl groups excluding tert-OH is 1. The molecule has 1 saturated heterocycles. The molecule has 1 rings (SSSR count). The number of aliphatic hydroxyl groups is 1. The lowest BCUT2D eigenvalue weighted by atomic mass is 9.91. The SMILES string of the molecule is CC1CC(C)(C)CN1CCCO. The van der Waals surface area contributed by atoms with Gasteiger partial charge in [0.15, 0.2) is 0 Å². The standard InChI is InChI=1S/C10H21NO/c1-9-7-10(2,3)8-11(9)5-4-6-12/h9,12H,4-8H2,1-3H3. The van der Waals surface area contributed by atoms with Crippen LogP contribution in [0.3, 0.4) is 0 Å². The molecule has 0 radical (unpaired) electrons. The molecule has 0 amide bonds. The third kappa shape index (κ3) is 2.46. The molecule has 0 aliphatic carbocycles. The average molecular weight is 171 g/mol. The van der Waals surface area contributed by atoms with Gasteiger partial charge in [0.05, 0.1) is 0 Å². The minimum absolute atomic E-state index is 0.323. The summed E-state index contributed by atoms with van der Waals surface area (Å²) in [4.78, 5) is 2.48. The molecule has 2 heteroatoms. The van der Waals surface area contributed by atoms with Crippen LogP contribution in [-0.4, -0.2) is 35.7 Å². The third-order valence-corrected chi connectivity index (χ3v) is 2.71. The number of rotatable bonds is 3. The van der Waals surface area contributed by atoms with Gasteiger partial charge in [0.2, 0.25) is 0 Å². The Kier molecular flexibility index (Phi) is 3.13. The fourth-order valence-corrected chi connectivity index (χ4v) is 2.27. The highest BCUT2D eigenvalue weighted by Crippen LogP contribution is 2.33. The highest BCUT2D eigenvalue weighted by atomic mass is 16.3. The summed E-state index contributed by atoms with van der Waals surface area (Å²) >= 11 is 0. The summed E-state index contributed by atoms with van der Waals surface area (Å²) in [6.07, 6.45) is 2.21. The number of hydrogen-bond donors (Lipinski definition) is 1. The smallest absolute Gasteiger partial charge is 0.0443 e. The van der Waals surface area contributed by atoms with E-state index in [9.17, 15) is 0 Å². The average Bonchev–Trinajstić information content (AvgIpc) is 2.20. The Morgan fingerprint density at radius 1 is 1.50 bits per heavy atom. The van der Waals surface area contributed by atoms with Crippen LogP contribution in [0.2, 0.25) is 0 Å². The van der Waals surface area contributed by atoms with E-state index in [4.69, 9.17) is 5.11 Å². The van der Waals surface area contributed by atoms with Crippen molar-refractivity contribution < 1.29 is 5.11 Å². The van der Waals surface area contributed by atoms with E-state index in [1.165, 1.54) is 13.0 Å². The van der Waals surface area contributed by atoms with Gasteiger partial charge in [0.1, 0.15) is 0 Å². The topological polar surface area (TPSA) is 23.5 Å². The zero-order valence-electron chi connectivity index (χ0n) is 8.51. The van der Waals surface area contributed by atoms with E-state index < -0.39 is 0 Å². The van der Waals surface area contributed by atoms with E-state index in [-0.39, 0.29) is 0 Å². The van der Waals surface area contributed by atoms with Gasteiger partial charge in [0.25, 0.3) is 0 Å². The maximum atomic E-state index is 8.72. The molecule has 12 heavy (non-hydrogen) atoms. The molecule has 1 heterocycles. The molecule has 1 aliphatic heterocycles. The van der Waals surface area contributed by atoms with Gasteiger partial charge in [0, 0.05) is 25.7 Å². The highest BCUT2D eigenvalue weighted by molar-refractivity contribution is 4.87. The van der Waals surface area contributed by atoms with Crippen LogP contribution < -0.4 is 0 Å². The van der Waals surface area contributed by atoms with E-state index in [0.29, 0.717) is 18.1 Å². The minimum atomic E-state index is 0.323. The second kappa shape index (κ2) is 3.75. The highest BCUT2D eigenvalue weighted by Gasteiger charge is 2.33. The first-order valence-corrected chi connectivity index (χ1v) is 4.90. The van der Waals surface area contributed by atoms with Gasteiger partial charge in [-0.15, -0.1) is 0 Å². The van der Waals surface area contributed by atoms with Crippen molar-refractivity contribution in [1.82, 2.24) is 4.90 Å². The summed E-state index contributed by atoms with van der Waals surface area (Å²) in [6, 6.07) is 0.701. The van der Waals surface area contributed by atoms with Crippen LogP contribution in [0, 0.1) is 5.41 Å². The molecule has 1 atom stereocenters. The lowest BCUT2D eigenvalue weighted by Gasteiger charge is -2.21. The van der Waals surface area contributed by atoms with Crippen molar-refractivity contribution in [2.45, 2.75) is 39.7 Å². The molecule has 0 spiro atoms. The van der Waals surface area contributed by atoms with Crippen LogP contribution in [0.1, 0.15) is 33.6 Å². The molecule has 0 aromatic rings. The van der Waals surface area contributed by atoms with Gasteiger partial charge >= 0.3 is 0 Å². The van der Waals surface area contributed by atoms with Crippen molar-refractivity contribution in [3.05, 3.63) is 0 Å². The fraction of sp³-hybridized carbons (Fsp3) is 1.00. The predicted octanol–water partition coefficient (Wildman–Crippen LogP) is 1.49. The van der Waals surface area contributed by atoms with Crippen molar-refractivity contribution in [2.24, 2.45) is 5.41 Å². The summed E-state index contributed by atoms with van der Waals surface area (Å²) < 4.78 is 0. The van der Waals surface area contributed by atoms with Crippen molar-refractivity contribution >= 4 is 0 Å². The predicted molar refractivity (Wildman–Crippen MR) is 51.1 cm³/mol. The molecule has 0 bridgehead atoms. The molecule has 2 nitrogen and oxygen atoms in total. The molecule has 0 saturated carbocycles. The molecule has 1 unspecified atom stereocenters. The molecule has 1 N–H and O–H groups in total. The molecular weight excluding hydrogens is 150 g/mol. The largest absolute Gasteiger partial charge is 0.396 e. The first-order chi connectivity index (χ1) is 5.55. The Bertz CT molecular complexity index is 145. The lowest BCUT2D eigenvalue weighted by molar-refractivity contribution is 0.212. The summed E-state index contributed by atoms with van der Waals surface area (Å²) in [5, 5.41) is 8.72. The quantitative estimate of drug-likeness (QED) is 0.695. The second-order valence-corrected chi connectivity index (χ2v) is 4.76. The summed E-state index contributed by atoms with van der Waals surface area (Å²) in [5.74, 6) is 0. The molecular formula is C10H21NO. The van der Waals surface area contributed by atoms with Crippen molar-refractivity contribution in [1.29, 1.82) is 0 Å². The number of hydrogen-bond acceptors (Lipinski definition) is 2. The van der Waals surface area contributed by atoms with E-state index in [1.807, 2.05) is 0 Å². The van der Waals surface area contributed by atoms with Crippen LogP contribution in [0.15, 0.2) is 0 Å². The van der Waals surface area contributed by atoms with Crippen LogP contribution in [0.5, 0.6) is 0 Å². The van der Waals surface area contributed by atoms with Gasteiger partial charge in [-0.25, -0.2) is 0 Å². The Morgan fingerprint density at radius 2 is 2.17 bits per heavy atom. The minimum Gasteiger partial charge on any atom is -0.396 e. The van der Waals surface area contributed by atoms with Gasteiger partial charge in [-0.3, -0.25) is 0 Å². The molecule has 0 aromatic heterocycles. The fourth-order valence-electron chi connectivity index (χ4n) is 2.27. The Labute approximate surface area is 75.6 Å². The van der Waals surface area contributed by atoms with E-state index >= 15 is 0 Å². The first kappa shape index (κ1) is 10.0. The zero-order valence-corrected chi connectivity index (χ0v) is 8.51. The molecule has 72 valence electrons. The normalized spacial score (nSPS) is 29.5. The van der Waals surface area contributed by atoms with E-state index in [0.717, 1.165) is 13.0 Å². The van der Waals surface area contributed by atoms with Gasteiger partial charge in [-0.05, 0) is 25.2 Å². The maximum Gasteiger partial charge on any atom is 0.0443 e. The monoisotopic (exact) mass is 171 g/mol. The van der Waals surface area contributed by atoms with Crippen LogP contribution in [0.4, 0.5) is 0 Å². The Morgan fingerprint density at radius 3 is 2.58 bits per heavy atom. The Hall–Kier alpha value is -0.0800. The first-order valence-electron chi connectivity index (χ1n) is 4.90. The summed E-state index contributed by atoms with van der Waals surface area (Å²) in [6.45, 7) is 9.50. The van der Waals surface area contributed by atoms with Crippen LogP contribution >= 0.6 is 0 Å². The van der Waals surface area contributed by atoms with Crippen LogP contribution in [-0.2, 0) is 0 Å². The van der Waals surface area contributed by atoms with E-state index in [1.54, 1.807) is 0 Å². The maximum absolute atomic E-state index is 8.72. The van der Waals surface area contributed by atoms with Crippen LogP contribution in [0.25, 0.3) is 0 Å². The third-order valence-electron chi connectivity index (χ3n) is 2.71. The lowest BCUT2D eigenvalue weighted by Crippen LogP contribution is -2.29. The van der Waals surface area contributed by atoms with Gasteiger partial charge < -0.3 is 10.0 Å². The molecule has 1 aliphatic rings. The van der Waals surface area contributed by atoms with Gasteiger partial charge in [-0.1, -0.05) is 13.8 Å². The molecule has 1 fully saturated rings. The zero-order chi connectivity index (χ0) is 9.19. The van der Waals surface area contributed by atoms with E-state index in [2.05, 4.69) is 25.7 Å². The van der Waals surface area contributed by atoms with Gasteiger partial charge in [-0.2, -0.15) is 0 Å². The second-order valence-electron chi connectivity index (χ2n) is 4.76. The molecule has 0 aromatic carbocycles. The Balaban J connectivity index is 2.36. The number of likely N-dealkylation sites (tertiary alicyclic amines) is 1. The van der Waals surface area contributed by atoms with Crippen molar-refractivity contribution in [2.75, 3.05) is 19.7 Å². The number of nitrogens with zero attached hydrogens (tertiary/aromatic N) is 1. The summed E-state index contributed by atoms with van der Waals surface area (Å²) in [5.41, 5.74) is 0.481. The summed E-state index contributed by atoms with van der Waals surface area (Å²) in [7, 11) is 0.